The summed E-state index contributed by atoms with van der Waals surface area (Å²) in [5.74, 6) is 0.930. The lowest BCUT2D eigenvalue weighted by molar-refractivity contribution is 0.0766. The van der Waals surface area contributed by atoms with Crippen molar-refractivity contribution in [3.63, 3.8) is 0 Å². The van der Waals surface area contributed by atoms with Crippen LogP contribution in [0.1, 0.15) is 27.0 Å². The Labute approximate surface area is 132 Å². The summed E-state index contributed by atoms with van der Waals surface area (Å²) in [5, 5.41) is 0. The van der Waals surface area contributed by atoms with Crippen LogP contribution in [0.2, 0.25) is 0 Å². The van der Waals surface area contributed by atoms with Crippen LogP contribution >= 0.6 is 15.9 Å². The molecule has 2 aromatic carbocycles. The summed E-state index contributed by atoms with van der Waals surface area (Å²) >= 11 is 3.46. The Bertz CT molecular complexity index is 695. The van der Waals surface area contributed by atoms with E-state index < -0.39 is 0 Å². The smallest absolute Gasteiger partial charge is 0.254 e. The summed E-state index contributed by atoms with van der Waals surface area (Å²) in [6.07, 6.45) is 0. The molecule has 2 aromatic rings. The fraction of sp³-hybridized carbons (Fsp3) is 0.235. The second-order valence-corrected chi connectivity index (χ2v) is 6.17. The molecular formula is C17H16BrNO2. The highest BCUT2D eigenvalue weighted by molar-refractivity contribution is 9.10. The molecular weight excluding hydrogens is 330 g/mol. The highest BCUT2D eigenvalue weighted by Gasteiger charge is 2.28. The molecule has 0 unspecified atom stereocenters. The molecule has 3 nitrogen and oxygen atoms in total. The summed E-state index contributed by atoms with van der Waals surface area (Å²) < 4.78 is 6.11. The van der Waals surface area contributed by atoms with Crippen molar-refractivity contribution in [1.29, 1.82) is 0 Å². The maximum atomic E-state index is 12.5. The molecule has 3 rings (SSSR count). The Morgan fingerprint density at radius 2 is 1.95 bits per heavy atom. The van der Waals surface area contributed by atoms with Gasteiger partial charge in [-0.25, -0.2) is 0 Å². The van der Waals surface area contributed by atoms with Gasteiger partial charge >= 0.3 is 0 Å². The van der Waals surface area contributed by atoms with Crippen molar-refractivity contribution >= 4 is 21.8 Å². The number of fused-ring (bicyclic) bond motifs is 1. The van der Waals surface area contributed by atoms with Crippen molar-refractivity contribution in [2.75, 3.05) is 7.11 Å². The molecule has 21 heavy (non-hydrogen) atoms. The first-order valence-corrected chi connectivity index (χ1v) is 7.59. The zero-order valence-corrected chi connectivity index (χ0v) is 13.6. The van der Waals surface area contributed by atoms with Crippen molar-refractivity contribution in [3.8, 4) is 5.75 Å². The van der Waals surface area contributed by atoms with Gasteiger partial charge in [-0.2, -0.15) is 0 Å². The number of rotatable bonds is 3. The lowest BCUT2D eigenvalue weighted by atomic mass is 10.1. The van der Waals surface area contributed by atoms with Gasteiger partial charge in [0, 0.05) is 23.1 Å². The number of amides is 1. The molecule has 0 aliphatic carbocycles. The van der Waals surface area contributed by atoms with Crippen molar-refractivity contribution in [2.45, 2.75) is 20.0 Å². The number of hydrogen-bond acceptors (Lipinski definition) is 2. The maximum absolute atomic E-state index is 12.5. The van der Waals surface area contributed by atoms with Gasteiger partial charge in [0.1, 0.15) is 5.75 Å². The number of aryl methyl sites for hydroxylation is 1. The van der Waals surface area contributed by atoms with E-state index in [4.69, 9.17) is 4.74 Å². The Morgan fingerprint density at radius 3 is 2.62 bits per heavy atom. The van der Waals surface area contributed by atoms with Crippen LogP contribution in [-0.2, 0) is 13.1 Å². The number of benzene rings is 2. The highest BCUT2D eigenvalue weighted by atomic mass is 79.9. The summed E-state index contributed by atoms with van der Waals surface area (Å²) in [6, 6.07) is 11.8. The van der Waals surface area contributed by atoms with Crippen LogP contribution < -0.4 is 4.74 Å². The second-order valence-electron chi connectivity index (χ2n) is 5.26. The highest BCUT2D eigenvalue weighted by Crippen LogP contribution is 2.30. The molecule has 0 aromatic heterocycles. The minimum absolute atomic E-state index is 0.102. The van der Waals surface area contributed by atoms with Gasteiger partial charge in [0.15, 0.2) is 0 Å². The lowest BCUT2D eigenvalue weighted by Crippen LogP contribution is -2.23. The third kappa shape index (κ3) is 2.68. The van der Waals surface area contributed by atoms with E-state index in [0.717, 1.165) is 32.5 Å². The monoisotopic (exact) mass is 345 g/mol. The van der Waals surface area contributed by atoms with E-state index >= 15 is 0 Å². The number of hydrogen-bond donors (Lipinski definition) is 0. The maximum Gasteiger partial charge on any atom is 0.254 e. The largest absolute Gasteiger partial charge is 0.497 e. The van der Waals surface area contributed by atoms with Crippen LogP contribution in [0.5, 0.6) is 5.75 Å². The van der Waals surface area contributed by atoms with Crippen LogP contribution in [0.3, 0.4) is 0 Å². The van der Waals surface area contributed by atoms with Crippen LogP contribution in [0.25, 0.3) is 0 Å². The van der Waals surface area contributed by atoms with E-state index in [1.165, 1.54) is 0 Å². The predicted molar refractivity (Wildman–Crippen MR) is 85.5 cm³/mol. The predicted octanol–water partition coefficient (Wildman–Crippen LogP) is 3.92. The van der Waals surface area contributed by atoms with Crippen LogP contribution in [0.4, 0.5) is 0 Å². The second kappa shape index (κ2) is 5.53. The number of ether oxygens (including phenoxy) is 1. The standard InChI is InChI=1S/C17H16BrNO2/c1-11-7-13(18)8-15-16(11)10-19(17(15)20)9-12-3-5-14(21-2)6-4-12/h3-8H,9-10H2,1-2H3. The Balaban J connectivity index is 1.82. The first kappa shape index (κ1) is 14.1. The van der Waals surface area contributed by atoms with Gasteiger partial charge in [-0.15, -0.1) is 0 Å². The van der Waals surface area contributed by atoms with E-state index in [1.54, 1.807) is 7.11 Å². The Hall–Kier alpha value is -1.81. The number of methoxy groups -OCH3 is 1. The molecule has 108 valence electrons. The zero-order chi connectivity index (χ0) is 15.0. The average molecular weight is 346 g/mol. The number of carbonyl (C=O) groups excluding carboxylic acids is 1. The van der Waals surface area contributed by atoms with Crippen LogP contribution in [-0.4, -0.2) is 17.9 Å². The quantitative estimate of drug-likeness (QED) is 0.843. The Morgan fingerprint density at radius 1 is 1.24 bits per heavy atom. The third-order valence-electron chi connectivity index (χ3n) is 3.84. The number of nitrogens with zero attached hydrogens (tertiary/aromatic N) is 1. The van der Waals surface area contributed by atoms with Gasteiger partial charge in [-0.1, -0.05) is 28.1 Å². The van der Waals surface area contributed by atoms with E-state index in [-0.39, 0.29) is 5.91 Å². The molecule has 1 amide bonds. The Kier molecular flexibility index (Phi) is 3.72. The van der Waals surface area contributed by atoms with E-state index in [9.17, 15) is 4.79 Å². The van der Waals surface area contributed by atoms with E-state index in [0.29, 0.717) is 13.1 Å². The molecule has 0 atom stereocenters. The molecule has 0 bridgehead atoms. The van der Waals surface area contributed by atoms with Crippen molar-refractivity contribution in [2.24, 2.45) is 0 Å². The molecule has 1 aliphatic rings. The summed E-state index contributed by atoms with van der Waals surface area (Å²) in [5.41, 5.74) is 4.21. The number of carbonyl (C=O) groups is 1. The van der Waals surface area contributed by atoms with Gasteiger partial charge in [-0.05, 0) is 47.9 Å². The average Bonchev–Trinajstić information content (AvgIpc) is 2.78. The van der Waals surface area contributed by atoms with Gasteiger partial charge in [0.2, 0.25) is 0 Å². The van der Waals surface area contributed by atoms with Crippen LogP contribution in [0.15, 0.2) is 40.9 Å². The zero-order valence-electron chi connectivity index (χ0n) is 12.0. The van der Waals surface area contributed by atoms with Gasteiger partial charge in [0.05, 0.1) is 7.11 Å². The minimum atomic E-state index is 0.102. The van der Waals surface area contributed by atoms with Gasteiger partial charge in [0.25, 0.3) is 5.91 Å². The molecule has 0 saturated heterocycles. The van der Waals surface area contributed by atoms with Crippen LogP contribution in [0, 0.1) is 6.92 Å². The van der Waals surface area contributed by atoms with Gasteiger partial charge < -0.3 is 9.64 Å². The van der Waals surface area contributed by atoms with Gasteiger partial charge in [-0.3, -0.25) is 4.79 Å². The first-order chi connectivity index (χ1) is 10.1. The lowest BCUT2D eigenvalue weighted by Gasteiger charge is -2.16. The molecule has 4 heteroatoms. The van der Waals surface area contributed by atoms with Crippen molar-refractivity contribution < 1.29 is 9.53 Å². The van der Waals surface area contributed by atoms with E-state index in [1.807, 2.05) is 42.2 Å². The molecule has 0 N–H and O–H groups in total. The minimum Gasteiger partial charge on any atom is -0.497 e. The fourth-order valence-corrected chi connectivity index (χ4v) is 3.26. The van der Waals surface area contributed by atoms with Crippen molar-refractivity contribution in [3.05, 3.63) is 63.1 Å². The molecule has 0 spiro atoms. The SMILES string of the molecule is COc1ccc(CN2Cc3c(C)cc(Br)cc3C2=O)cc1. The molecule has 0 fully saturated rings. The summed E-state index contributed by atoms with van der Waals surface area (Å²) in [6.45, 7) is 3.35. The third-order valence-corrected chi connectivity index (χ3v) is 4.29. The molecule has 0 radical (unpaired) electrons. The molecule has 1 aliphatic heterocycles. The summed E-state index contributed by atoms with van der Waals surface area (Å²) in [7, 11) is 1.65. The van der Waals surface area contributed by atoms with Crippen molar-refractivity contribution in [1.82, 2.24) is 4.90 Å². The normalized spacial score (nSPS) is 13.5. The number of halogens is 1. The fourth-order valence-electron chi connectivity index (χ4n) is 2.69. The summed E-state index contributed by atoms with van der Waals surface area (Å²) in [4.78, 5) is 14.4. The molecule has 0 saturated carbocycles. The van der Waals surface area contributed by atoms with E-state index in [2.05, 4.69) is 22.0 Å². The molecule has 1 heterocycles. The topological polar surface area (TPSA) is 29.5 Å². The first-order valence-electron chi connectivity index (χ1n) is 6.79.